The van der Waals surface area contributed by atoms with Crippen LogP contribution in [0, 0.1) is 0 Å². The van der Waals surface area contributed by atoms with Crippen molar-refractivity contribution in [2.45, 2.75) is 25.4 Å². The fourth-order valence-electron chi connectivity index (χ4n) is 3.22. The summed E-state index contributed by atoms with van der Waals surface area (Å²) in [5, 5.41) is 12.4. The first-order valence-corrected chi connectivity index (χ1v) is 10.3. The Morgan fingerprint density at radius 2 is 1.93 bits per heavy atom. The van der Waals surface area contributed by atoms with Gasteiger partial charge in [0.2, 0.25) is 11.8 Å². The minimum atomic E-state index is -0.0525. The van der Waals surface area contributed by atoms with Crippen molar-refractivity contribution in [1.82, 2.24) is 29.9 Å². The van der Waals surface area contributed by atoms with Gasteiger partial charge in [0.1, 0.15) is 12.7 Å². The van der Waals surface area contributed by atoms with Crippen LogP contribution in [0.15, 0.2) is 70.1 Å². The molecule has 0 atom stereocenters. The molecule has 0 aliphatic heterocycles. The second kappa shape index (κ2) is 7.83. The molecule has 1 saturated carbocycles. The van der Waals surface area contributed by atoms with Crippen molar-refractivity contribution in [3.8, 4) is 17.1 Å². The summed E-state index contributed by atoms with van der Waals surface area (Å²) in [4.78, 5) is 18.9. The topological polar surface area (TPSA) is 89.9 Å². The number of aromatic nitrogens is 5. The van der Waals surface area contributed by atoms with Gasteiger partial charge in [-0.1, -0.05) is 12.1 Å². The number of carbonyl (C=O) groups excluding carboxylic acids is 1. The van der Waals surface area contributed by atoms with Gasteiger partial charge in [-0.15, -0.1) is 10.2 Å². The molecule has 0 spiro atoms. The van der Waals surface area contributed by atoms with E-state index in [1.807, 2.05) is 41.3 Å². The van der Waals surface area contributed by atoms with Crippen molar-refractivity contribution in [3.63, 3.8) is 0 Å². The van der Waals surface area contributed by atoms with E-state index < -0.39 is 0 Å². The third kappa shape index (κ3) is 3.76. The van der Waals surface area contributed by atoms with Crippen molar-refractivity contribution in [3.05, 3.63) is 77.1 Å². The smallest absolute Gasteiger partial charge is 0.254 e. The summed E-state index contributed by atoms with van der Waals surface area (Å²) < 4.78 is 8.37. The van der Waals surface area contributed by atoms with E-state index in [-0.39, 0.29) is 18.5 Å². The lowest BCUT2D eigenvalue weighted by atomic mass is 10.1. The van der Waals surface area contributed by atoms with Gasteiger partial charge in [0.25, 0.3) is 5.91 Å². The maximum absolute atomic E-state index is 13.2. The first-order valence-electron chi connectivity index (χ1n) is 9.52. The molecule has 0 saturated heterocycles. The molecule has 0 radical (unpaired) electrons. The zero-order valence-corrected chi connectivity index (χ0v) is 17.4. The van der Waals surface area contributed by atoms with Crippen molar-refractivity contribution >= 4 is 21.8 Å². The van der Waals surface area contributed by atoms with Crippen molar-refractivity contribution < 1.29 is 9.21 Å². The number of carbonyl (C=O) groups is 1. The molecule has 1 aliphatic carbocycles. The highest BCUT2D eigenvalue weighted by Crippen LogP contribution is 2.31. The lowest BCUT2D eigenvalue weighted by Crippen LogP contribution is -2.32. The number of benzene rings is 2. The van der Waals surface area contributed by atoms with Gasteiger partial charge in [0.05, 0.1) is 17.8 Å². The Balaban J connectivity index is 1.35. The van der Waals surface area contributed by atoms with Crippen LogP contribution in [0.2, 0.25) is 0 Å². The molecule has 1 amide bonds. The van der Waals surface area contributed by atoms with Gasteiger partial charge < -0.3 is 9.32 Å². The molecule has 9 heteroatoms. The van der Waals surface area contributed by atoms with Crippen LogP contribution in [-0.4, -0.2) is 41.8 Å². The van der Waals surface area contributed by atoms with Crippen LogP contribution in [0.5, 0.6) is 0 Å². The maximum Gasteiger partial charge on any atom is 0.254 e. The molecule has 8 nitrogen and oxygen atoms in total. The Morgan fingerprint density at radius 3 is 2.63 bits per heavy atom. The average molecular weight is 465 g/mol. The minimum absolute atomic E-state index is 0.0525. The van der Waals surface area contributed by atoms with Crippen LogP contribution in [0.4, 0.5) is 0 Å². The summed E-state index contributed by atoms with van der Waals surface area (Å²) >= 11 is 3.50. The van der Waals surface area contributed by atoms with E-state index in [4.69, 9.17) is 4.42 Å². The lowest BCUT2D eigenvalue weighted by Gasteiger charge is -2.20. The molecule has 2 heterocycles. The Kier molecular flexibility index (Phi) is 4.88. The summed E-state index contributed by atoms with van der Waals surface area (Å²) in [5.41, 5.74) is 2.28. The number of hydrogen-bond acceptors (Lipinski definition) is 6. The van der Waals surface area contributed by atoms with Crippen LogP contribution in [-0.2, 0) is 6.54 Å². The zero-order valence-electron chi connectivity index (χ0n) is 15.8. The van der Waals surface area contributed by atoms with E-state index in [1.54, 1.807) is 23.1 Å². The molecule has 1 fully saturated rings. The number of amides is 1. The molecule has 30 heavy (non-hydrogen) atoms. The summed E-state index contributed by atoms with van der Waals surface area (Å²) in [6.45, 7) is 0.284. The summed E-state index contributed by atoms with van der Waals surface area (Å²) in [7, 11) is 0. The van der Waals surface area contributed by atoms with Gasteiger partial charge in [-0.3, -0.25) is 4.79 Å². The Labute approximate surface area is 180 Å². The average Bonchev–Trinajstić information content (AvgIpc) is 3.26. The van der Waals surface area contributed by atoms with E-state index >= 15 is 0 Å². The standard InChI is InChI=1S/C21H17BrN6O2/c22-18-4-2-1-3-17(18)20-26-25-19(30-20)11-27(15-9-10-15)21(29)14-5-7-16(8-6-14)28-13-23-12-24-28/h1-8,12-13,15H,9-11H2. The summed E-state index contributed by atoms with van der Waals surface area (Å²) in [6, 6.07) is 15.2. The highest BCUT2D eigenvalue weighted by Gasteiger charge is 2.34. The van der Waals surface area contributed by atoms with Crippen molar-refractivity contribution in [2.24, 2.45) is 0 Å². The highest BCUT2D eigenvalue weighted by molar-refractivity contribution is 9.10. The SMILES string of the molecule is O=C(c1ccc(-n2cncn2)cc1)N(Cc1nnc(-c2ccccc2Br)o1)C1CC1. The highest BCUT2D eigenvalue weighted by atomic mass is 79.9. The van der Waals surface area contributed by atoms with Gasteiger partial charge in [0.15, 0.2) is 0 Å². The second-order valence-corrected chi connectivity index (χ2v) is 7.89. The van der Waals surface area contributed by atoms with Crippen LogP contribution >= 0.6 is 15.9 Å². The van der Waals surface area contributed by atoms with Crippen LogP contribution in [0.1, 0.15) is 29.1 Å². The Bertz CT molecular complexity index is 1170. The summed E-state index contributed by atoms with van der Waals surface area (Å²) in [6.07, 6.45) is 5.05. The van der Waals surface area contributed by atoms with Crippen LogP contribution < -0.4 is 0 Å². The van der Waals surface area contributed by atoms with E-state index in [2.05, 4.69) is 36.2 Å². The van der Waals surface area contributed by atoms with Crippen LogP contribution in [0.25, 0.3) is 17.1 Å². The normalized spacial score (nSPS) is 13.4. The lowest BCUT2D eigenvalue weighted by molar-refractivity contribution is 0.0714. The molecular formula is C21H17BrN6O2. The molecule has 2 aromatic heterocycles. The van der Waals surface area contributed by atoms with Gasteiger partial charge in [0, 0.05) is 16.1 Å². The molecule has 0 unspecified atom stereocenters. The van der Waals surface area contributed by atoms with Gasteiger partial charge in [-0.25, -0.2) is 9.67 Å². The van der Waals surface area contributed by atoms with Gasteiger partial charge >= 0.3 is 0 Å². The van der Waals surface area contributed by atoms with Gasteiger partial charge in [-0.05, 0) is 65.2 Å². The fourth-order valence-corrected chi connectivity index (χ4v) is 3.68. The van der Waals surface area contributed by atoms with Crippen LogP contribution in [0.3, 0.4) is 0 Å². The van der Waals surface area contributed by atoms with E-state index in [0.717, 1.165) is 28.6 Å². The third-order valence-corrected chi connectivity index (χ3v) is 5.61. The largest absolute Gasteiger partial charge is 0.419 e. The number of halogens is 1. The predicted molar refractivity (Wildman–Crippen MR) is 112 cm³/mol. The molecular weight excluding hydrogens is 448 g/mol. The molecule has 5 rings (SSSR count). The fraction of sp³-hybridized carbons (Fsp3) is 0.190. The first-order chi connectivity index (χ1) is 14.7. The Morgan fingerprint density at radius 1 is 1.13 bits per heavy atom. The third-order valence-electron chi connectivity index (χ3n) is 4.92. The zero-order chi connectivity index (χ0) is 20.5. The maximum atomic E-state index is 13.2. The van der Waals surface area contributed by atoms with Crippen molar-refractivity contribution in [2.75, 3.05) is 0 Å². The second-order valence-electron chi connectivity index (χ2n) is 7.03. The molecule has 0 N–H and O–H groups in total. The van der Waals surface area contributed by atoms with E-state index in [0.29, 0.717) is 17.3 Å². The predicted octanol–water partition coefficient (Wildman–Crippen LogP) is 3.88. The minimum Gasteiger partial charge on any atom is -0.419 e. The number of nitrogens with zero attached hydrogens (tertiary/aromatic N) is 6. The number of hydrogen-bond donors (Lipinski definition) is 0. The van der Waals surface area contributed by atoms with Gasteiger partial charge in [-0.2, -0.15) is 5.10 Å². The Hall–Kier alpha value is -3.33. The van der Waals surface area contributed by atoms with E-state index in [1.165, 1.54) is 6.33 Å². The molecule has 4 aromatic rings. The van der Waals surface area contributed by atoms with E-state index in [9.17, 15) is 4.79 Å². The molecule has 150 valence electrons. The molecule has 2 aromatic carbocycles. The summed E-state index contributed by atoms with van der Waals surface area (Å²) in [5.74, 6) is 0.793. The molecule has 1 aliphatic rings. The number of rotatable bonds is 6. The first kappa shape index (κ1) is 18.7. The monoisotopic (exact) mass is 464 g/mol. The quantitative estimate of drug-likeness (QED) is 0.429. The van der Waals surface area contributed by atoms with Crippen molar-refractivity contribution in [1.29, 1.82) is 0 Å². The molecule has 0 bridgehead atoms.